The lowest BCUT2D eigenvalue weighted by Gasteiger charge is -2.31. The molecule has 0 spiro atoms. The van der Waals surface area contributed by atoms with Crippen molar-refractivity contribution in [3.05, 3.63) is 0 Å². The highest BCUT2D eigenvalue weighted by molar-refractivity contribution is 5.78. The first kappa shape index (κ1) is 14.7. The average Bonchev–Trinajstić information content (AvgIpc) is 2.98. The van der Waals surface area contributed by atoms with Gasteiger partial charge in [-0.15, -0.1) is 6.42 Å². The van der Waals surface area contributed by atoms with Crippen LogP contribution in [0.1, 0.15) is 32.6 Å². The largest absolute Gasteiger partial charge is 0.481 e. The molecule has 0 radical (unpaired) electrons. The Hall–Kier alpha value is -1.70. The van der Waals surface area contributed by atoms with Gasteiger partial charge in [-0.1, -0.05) is 12.8 Å². The van der Waals surface area contributed by atoms with Gasteiger partial charge in [0.05, 0.1) is 12.5 Å². The van der Waals surface area contributed by atoms with Crippen LogP contribution in [0.15, 0.2) is 0 Å². The van der Waals surface area contributed by atoms with E-state index in [0.29, 0.717) is 12.5 Å². The maximum absolute atomic E-state index is 12.2. The summed E-state index contributed by atoms with van der Waals surface area (Å²) in [5, 5.41) is 12.3. The number of nitrogens with zero attached hydrogens (tertiary/aromatic N) is 1. The quantitative estimate of drug-likeness (QED) is 0.749. The van der Waals surface area contributed by atoms with Crippen LogP contribution in [0.3, 0.4) is 0 Å². The van der Waals surface area contributed by atoms with E-state index >= 15 is 0 Å². The lowest BCUT2D eigenvalue weighted by molar-refractivity contribution is -0.144. The molecule has 2 saturated carbocycles. The molecule has 2 rings (SSSR count). The van der Waals surface area contributed by atoms with E-state index in [0.717, 1.165) is 25.7 Å². The lowest BCUT2D eigenvalue weighted by atomic mass is 9.84. The fourth-order valence-corrected chi connectivity index (χ4v) is 3.72. The van der Waals surface area contributed by atoms with E-state index in [4.69, 9.17) is 6.42 Å². The summed E-state index contributed by atoms with van der Waals surface area (Å²) in [6.07, 6.45) is 9.01. The molecule has 2 fully saturated rings. The third kappa shape index (κ3) is 2.74. The number of aliphatic carboxylic acids is 1. The summed E-state index contributed by atoms with van der Waals surface area (Å²) >= 11 is 0. The molecule has 5 heteroatoms. The smallest absolute Gasteiger partial charge is 0.318 e. The van der Waals surface area contributed by atoms with Gasteiger partial charge >= 0.3 is 12.0 Å². The number of terminal acetylenes is 1. The second-order valence-electron chi connectivity index (χ2n) is 5.80. The monoisotopic (exact) mass is 278 g/mol. The van der Waals surface area contributed by atoms with E-state index in [2.05, 4.69) is 11.2 Å². The average molecular weight is 278 g/mol. The minimum absolute atomic E-state index is 0.218. The summed E-state index contributed by atoms with van der Waals surface area (Å²) in [7, 11) is 0. The number of carboxylic acids is 1. The van der Waals surface area contributed by atoms with Crippen molar-refractivity contribution in [2.75, 3.05) is 13.1 Å². The van der Waals surface area contributed by atoms with Gasteiger partial charge in [0.25, 0.3) is 0 Å². The summed E-state index contributed by atoms with van der Waals surface area (Å²) < 4.78 is 0. The first-order valence-corrected chi connectivity index (χ1v) is 7.30. The van der Waals surface area contributed by atoms with Crippen LogP contribution >= 0.6 is 0 Å². The molecule has 0 aromatic heterocycles. The minimum atomic E-state index is -0.790. The predicted octanol–water partition coefficient (Wildman–Crippen LogP) is 1.54. The van der Waals surface area contributed by atoms with E-state index in [-0.39, 0.29) is 24.5 Å². The molecular weight excluding hydrogens is 256 g/mol. The van der Waals surface area contributed by atoms with Crippen molar-refractivity contribution in [3.8, 4) is 12.3 Å². The molecule has 5 nitrogen and oxygen atoms in total. The molecule has 2 N–H and O–H groups in total. The Morgan fingerprint density at radius 3 is 2.70 bits per heavy atom. The lowest BCUT2D eigenvalue weighted by Crippen LogP contribution is -2.51. The molecule has 0 aromatic rings. The van der Waals surface area contributed by atoms with Crippen molar-refractivity contribution in [3.63, 3.8) is 0 Å². The van der Waals surface area contributed by atoms with E-state index in [1.807, 2.05) is 6.92 Å². The van der Waals surface area contributed by atoms with Crippen LogP contribution in [0.5, 0.6) is 0 Å². The molecule has 0 saturated heterocycles. The minimum Gasteiger partial charge on any atom is -0.481 e. The molecule has 4 unspecified atom stereocenters. The Morgan fingerprint density at radius 1 is 1.40 bits per heavy atom. The third-order valence-corrected chi connectivity index (χ3v) is 4.55. The van der Waals surface area contributed by atoms with E-state index in [1.54, 1.807) is 4.90 Å². The van der Waals surface area contributed by atoms with Gasteiger partial charge in [0, 0.05) is 12.6 Å². The molecule has 4 atom stereocenters. The van der Waals surface area contributed by atoms with Crippen molar-refractivity contribution >= 4 is 12.0 Å². The number of carboxylic acid groups (broad SMARTS) is 1. The maximum Gasteiger partial charge on any atom is 0.318 e. The van der Waals surface area contributed by atoms with Crippen molar-refractivity contribution in [1.29, 1.82) is 0 Å². The number of carbonyl (C=O) groups is 2. The fraction of sp³-hybridized carbons (Fsp3) is 0.733. The Balaban J connectivity index is 2.02. The van der Waals surface area contributed by atoms with Crippen LogP contribution in [0.4, 0.5) is 4.79 Å². The Bertz CT molecular complexity index is 429. The molecule has 110 valence electrons. The topological polar surface area (TPSA) is 69.6 Å². The molecule has 0 heterocycles. The zero-order chi connectivity index (χ0) is 14.7. The van der Waals surface area contributed by atoms with Crippen LogP contribution in [0.2, 0.25) is 0 Å². The number of hydrogen-bond donors (Lipinski definition) is 2. The number of nitrogens with one attached hydrogen (secondary N) is 1. The van der Waals surface area contributed by atoms with Gasteiger partial charge in [0.1, 0.15) is 0 Å². The highest BCUT2D eigenvalue weighted by Crippen LogP contribution is 2.48. The molecule has 0 aromatic carbocycles. The number of hydrogen-bond acceptors (Lipinski definition) is 2. The molecule has 20 heavy (non-hydrogen) atoms. The Morgan fingerprint density at radius 2 is 2.10 bits per heavy atom. The first-order valence-electron chi connectivity index (χ1n) is 7.30. The second kappa shape index (κ2) is 6.17. The van der Waals surface area contributed by atoms with Crippen LogP contribution in [-0.4, -0.2) is 41.1 Å². The summed E-state index contributed by atoms with van der Waals surface area (Å²) in [6.45, 7) is 2.83. The van der Waals surface area contributed by atoms with Crippen molar-refractivity contribution < 1.29 is 14.7 Å². The van der Waals surface area contributed by atoms with Gasteiger partial charge in [0.2, 0.25) is 0 Å². The Kier molecular flexibility index (Phi) is 4.53. The number of fused-ring (bicyclic) bond motifs is 2. The highest BCUT2D eigenvalue weighted by Gasteiger charge is 2.51. The van der Waals surface area contributed by atoms with Crippen LogP contribution in [0, 0.1) is 30.1 Å². The van der Waals surface area contributed by atoms with Gasteiger partial charge in [-0.3, -0.25) is 4.79 Å². The number of rotatable bonds is 5. The van der Waals surface area contributed by atoms with Crippen molar-refractivity contribution in [2.45, 2.75) is 38.6 Å². The highest BCUT2D eigenvalue weighted by atomic mass is 16.4. The fourth-order valence-electron chi connectivity index (χ4n) is 3.72. The van der Waals surface area contributed by atoms with Crippen molar-refractivity contribution in [2.24, 2.45) is 17.8 Å². The van der Waals surface area contributed by atoms with Gasteiger partial charge < -0.3 is 15.3 Å². The molecule has 2 amide bonds. The van der Waals surface area contributed by atoms with E-state index in [9.17, 15) is 14.7 Å². The summed E-state index contributed by atoms with van der Waals surface area (Å²) in [5.41, 5.74) is 0. The number of amides is 2. The summed E-state index contributed by atoms with van der Waals surface area (Å²) in [4.78, 5) is 25.2. The van der Waals surface area contributed by atoms with Gasteiger partial charge in [-0.25, -0.2) is 4.79 Å². The third-order valence-electron chi connectivity index (χ3n) is 4.55. The molecule has 2 aliphatic carbocycles. The zero-order valence-corrected chi connectivity index (χ0v) is 11.8. The van der Waals surface area contributed by atoms with E-state index in [1.165, 1.54) is 0 Å². The molecular formula is C15H22N2O3. The molecule has 2 aliphatic rings. The first-order chi connectivity index (χ1) is 9.58. The number of carbonyl (C=O) groups excluding carboxylic acids is 1. The van der Waals surface area contributed by atoms with Crippen molar-refractivity contribution in [1.82, 2.24) is 10.2 Å². The van der Waals surface area contributed by atoms with Gasteiger partial charge in [-0.05, 0) is 37.5 Å². The summed E-state index contributed by atoms with van der Waals surface area (Å²) in [6, 6.07) is -0.468. The van der Waals surface area contributed by atoms with E-state index < -0.39 is 11.9 Å². The predicted molar refractivity (Wildman–Crippen MR) is 75.0 cm³/mol. The second-order valence-corrected chi connectivity index (χ2v) is 5.80. The maximum atomic E-state index is 12.2. The standard InChI is InChI=1S/C15H22N2O3/c1-3-7-17(8-4-2)15(20)16-13-11-6-5-10(9-11)12(13)14(18)19/h1,10-13H,4-9H2,2H3,(H,16,20)(H,18,19). The number of urea groups is 1. The van der Waals surface area contributed by atoms with Gasteiger partial charge in [-0.2, -0.15) is 0 Å². The Labute approximate surface area is 119 Å². The normalized spacial score (nSPS) is 30.8. The molecule has 2 bridgehead atoms. The SMILES string of the molecule is C#CCN(CCC)C(=O)NC1C2CCC(C2)C1C(=O)O. The van der Waals surface area contributed by atoms with Crippen LogP contribution < -0.4 is 5.32 Å². The molecule has 0 aliphatic heterocycles. The van der Waals surface area contributed by atoms with Crippen LogP contribution in [0.25, 0.3) is 0 Å². The van der Waals surface area contributed by atoms with Gasteiger partial charge in [0.15, 0.2) is 0 Å². The summed E-state index contributed by atoms with van der Waals surface area (Å²) in [5.74, 6) is 1.77. The van der Waals surface area contributed by atoms with Crippen LogP contribution in [-0.2, 0) is 4.79 Å². The zero-order valence-electron chi connectivity index (χ0n) is 11.8.